The lowest BCUT2D eigenvalue weighted by atomic mass is 9.69. The first kappa shape index (κ1) is 16.3. The smallest absolute Gasteiger partial charge is 0.0255 e. The Bertz CT molecular complexity index is 307. The van der Waals surface area contributed by atoms with Gasteiger partial charge in [-0.25, -0.2) is 0 Å². The van der Waals surface area contributed by atoms with Gasteiger partial charge in [0.15, 0.2) is 0 Å². The van der Waals surface area contributed by atoms with E-state index in [4.69, 9.17) is 0 Å². The molecule has 5 unspecified atom stereocenters. The Morgan fingerprint density at radius 1 is 1.10 bits per heavy atom. The monoisotopic (exact) mass is 280 g/mol. The number of likely N-dealkylation sites (tertiary alicyclic amines) is 1. The molecule has 1 heterocycles. The summed E-state index contributed by atoms with van der Waals surface area (Å²) in [5.74, 6) is 1.76. The first-order chi connectivity index (χ1) is 9.32. The van der Waals surface area contributed by atoms with E-state index in [0.29, 0.717) is 11.5 Å². The van der Waals surface area contributed by atoms with Crippen molar-refractivity contribution in [2.75, 3.05) is 13.1 Å². The van der Waals surface area contributed by atoms with Gasteiger partial charge in [0.2, 0.25) is 0 Å². The summed E-state index contributed by atoms with van der Waals surface area (Å²) < 4.78 is 0. The van der Waals surface area contributed by atoms with Crippen LogP contribution in [0.5, 0.6) is 0 Å². The van der Waals surface area contributed by atoms with E-state index in [9.17, 15) is 0 Å². The fraction of sp³-hybridized carbons (Fsp3) is 1.00. The van der Waals surface area contributed by atoms with Crippen LogP contribution in [0, 0.1) is 17.3 Å². The molecule has 1 saturated carbocycles. The lowest BCUT2D eigenvalue weighted by Gasteiger charge is -2.46. The Morgan fingerprint density at radius 2 is 1.80 bits per heavy atom. The molecule has 1 aliphatic heterocycles. The Hall–Kier alpha value is -0.0800. The number of likely N-dealkylation sites (N-methyl/N-ethyl adjacent to an activating group) is 1. The molecule has 2 fully saturated rings. The molecule has 2 nitrogen and oxygen atoms in total. The van der Waals surface area contributed by atoms with E-state index in [1.54, 1.807) is 0 Å². The van der Waals surface area contributed by atoms with Gasteiger partial charge < -0.3 is 5.32 Å². The molecule has 5 atom stereocenters. The van der Waals surface area contributed by atoms with E-state index in [2.05, 4.69) is 51.8 Å². The van der Waals surface area contributed by atoms with E-state index in [1.807, 2.05) is 0 Å². The Morgan fingerprint density at radius 3 is 2.30 bits per heavy atom. The largest absolute Gasteiger partial charge is 0.313 e. The number of nitrogens with one attached hydrogen (secondary N) is 1. The van der Waals surface area contributed by atoms with Crippen molar-refractivity contribution in [2.45, 2.75) is 85.4 Å². The van der Waals surface area contributed by atoms with Crippen LogP contribution in [0.25, 0.3) is 0 Å². The third kappa shape index (κ3) is 3.57. The molecule has 0 spiro atoms. The maximum Gasteiger partial charge on any atom is 0.0255 e. The molecule has 0 aromatic heterocycles. The van der Waals surface area contributed by atoms with Gasteiger partial charge in [0, 0.05) is 24.7 Å². The summed E-state index contributed by atoms with van der Waals surface area (Å²) in [7, 11) is 0. The molecule has 0 bridgehead atoms. The van der Waals surface area contributed by atoms with Gasteiger partial charge in [-0.1, -0.05) is 34.6 Å². The van der Waals surface area contributed by atoms with Gasteiger partial charge in [-0.15, -0.1) is 0 Å². The van der Waals surface area contributed by atoms with Crippen LogP contribution in [0.15, 0.2) is 0 Å². The van der Waals surface area contributed by atoms with Crippen LogP contribution in [0.4, 0.5) is 0 Å². The molecule has 0 aromatic rings. The lowest BCUT2D eigenvalue weighted by Crippen LogP contribution is -2.55. The first-order valence-corrected chi connectivity index (χ1v) is 8.82. The molecule has 118 valence electrons. The van der Waals surface area contributed by atoms with E-state index in [-0.39, 0.29) is 0 Å². The maximum atomic E-state index is 3.78. The van der Waals surface area contributed by atoms with Gasteiger partial charge in [-0.05, 0) is 56.4 Å². The van der Waals surface area contributed by atoms with Crippen molar-refractivity contribution >= 4 is 0 Å². The van der Waals surface area contributed by atoms with Crippen LogP contribution in [-0.4, -0.2) is 36.1 Å². The molecule has 0 radical (unpaired) electrons. The summed E-state index contributed by atoms with van der Waals surface area (Å²) >= 11 is 0. The highest BCUT2D eigenvalue weighted by atomic mass is 15.2. The zero-order valence-electron chi connectivity index (χ0n) is 14.6. The predicted octanol–water partition coefficient (Wildman–Crippen LogP) is 3.91. The molecule has 1 saturated heterocycles. The fourth-order valence-corrected chi connectivity index (χ4v) is 4.59. The summed E-state index contributed by atoms with van der Waals surface area (Å²) in [5, 5.41) is 3.78. The third-order valence-electron chi connectivity index (χ3n) is 5.77. The first-order valence-electron chi connectivity index (χ1n) is 8.82. The van der Waals surface area contributed by atoms with Crippen molar-refractivity contribution in [3.63, 3.8) is 0 Å². The van der Waals surface area contributed by atoms with E-state index < -0.39 is 0 Å². The second-order valence-corrected chi connectivity index (χ2v) is 8.49. The topological polar surface area (TPSA) is 15.3 Å². The predicted molar refractivity (Wildman–Crippen MR) is 88.0 cm³/mol. The molecule has 1 N–H and O–H groups in total. The SMILES string of the molecule is CCNC1CCC(C(C)(C)C)CC1N1CC(C)CC1C. The maximum absolute atomic E-state index is 3.78. The average Bonchev–Trinajstić information content (AvgIpc) is 2.68. The van der Waals surface area contributed by atoms with Gasteiger partial charge in [-0.3, -0.25) is 4.90 Å². The van der Waals surface area contributed by atoms with E-state index in [1.165, 1.54) is 32.2 Å². The van der Waals surface area contributed by atoms with Crippen LogP contribution in [0.1, 0.15) is 67.2 Å². The van der Waals surface area contributed by atoms with Gasteiger partial charge in [-0.2, -0.15) is 0 Å². The van der Waals surface area contributed by atoms with Crippen molar-refractivity contribution in [1.29, 1.82) is 0 Å². The van der Waals surface area contributed by atoms with Crippen molar-refractivity contribution in [3.05, 3.63) is 0 Å². The zero-order chi connectivity index (χ0) is 14.9. The van der Waals surface area contributed by atoms with E-state index >= 15 is 0 Å². The zero-order valence-corrected chi connectivity index (χ0v) is 14.6. The van der Waals surface area contributed by atoms with Gasteiger partial charge in [0.05, 0.1) is 0 Å². The standard InChI is InChI=1S/C18H36N2/c1-7-19-16-9-8-15(18(4,5)6)11-17(16)20-12-13(2)10-14(20)3/h13-17,19H,7-12H2,1-6H3. The summed E-state index contributed by atoms with van der Waals surface area (Å²) in [6, 6.07) is 2.24. The molecule has 20 heavy (non-hydrogen) atoms. The highest BCUT2D eigenvalue weighted by Gasteiger charge is 2.41. The molecule has 0 aromatic carbocycles. The van der Waals surface area contributed by atoms with Crippen molar-refractivity contribution < 1.29 is 0 Å². The molecular weight excluding hydrogens is 244 g/mol. The molecule has 1 aliphatic carbocycles. The molecule has 2 aliphatic rings. The summed E-state index contributed by atoms with van der Waals surface area (Å²) in [4.78, 5) is 2.83. The van der Waals surface area contributed by atoms with Crippen molar-refractivity contribution in [3.8, 4) is 0 Å². The minimum absolute atomic E-state index is 0.462. The number of hydrogen-bond donors (Lipinski definition) is 1. The minimum Gasteiger partial charge on any atom is -0.313 e. The number of rotatable bonds is 3. The Kier molecular flexibility index (Phi) is 5.18. The number of hydrogen-bond acceptors (Lipinski definition) is 2. The quantitative estimate of drug-likeness (QED) is 0.843. The Balaban J connectivity index is 2.10. The minimum atomic E-state index is 0.462. The number of nitrogens with zero attached hydrogens (tertiary/aromatic N) is 1. The van der Waals surface area contributed by atoms with Crippen LogP contribution >= 0.6 is 0 Å². The average molecular weight is 280 g/mol. The van der Waals surface area contributed by atoms with Crippen LogP contribution in [-0.2, 0) is 0 Å². The Labute approximate surface area is 126 Å². The van der Waals surface area contributed by atoms with Crippen LogP contribution in [0.2, 0.25) is 0 Å². The fourth-order valence-electron chi connectivity index (χ4n) is 4.59. The summed E-state index contributed by atoms with van der Waals surface area (Å²) in [6.45, 7) is 16.8. The summed E-state index contributed by atoms with van der Waals surface area (Å²) in [6.07, 6.45) is 5.53. The second kappa shape index (κ2) is 6.36. The molecule has 2 heteroatoms. The normalized spacial score (nSPS) is 40.2. The third-order valence-corrected chi connectivity index (χ3v) is 5.77. The highest BCUT2D eigenvalue weighted by Crippen LogP contribution is 2.41. The molecular formula is C18H36N2. The van der Waals surface area contributed by atoms with Gasteiger partial charge >= 0.3 is 0 Å². The summed E-state index contributed by atoms with van der Waals surface area (Å²) in [5.41, 5.74) is 0.462. The van der Waals surface area contributed by atoms with Crippen LogP contribution < -0.4 is 5.32 Å². The molecule has 0 amide bonds. The van der Waals surface area contributed by atoms with E-state index in [0.717, 1.165) is 30.5 Å². The van der Waals surface area contributed by atoms with Crippen molar-refractivity contribution in [1.82, 2.24) is 10.2 Å². The van der Waals surface area contributed by atoms with Gasteiger partial charge in [0.1, 0.15) is 0 Å². The van der Waals surface area contributed by atoms with Crippen LogP contribution in [0.3, 0.4) is 0 Å². The molecule has 2 rings (SSSR count). The van der Waals surface area contributed by atoms with Crippen molar-refractivity contribution in [2.24, 2.45) is 17.3 Å². The second-order valence-electron chi connectivity index (χ2n) is 8.49. The highest BCUT2D eigenvalue weighted by molar-refractivity contribution is 4.97. The lowest BCUT2D eigenvalue weighted by molar-refractivity contribution is 0.0537. The van der Waals surface area contributed by atoms with Gasteiger partial charge in [0.25, 0.3) is 0 Å².